The number of rotatable bonds is 6. The molecule has 1 aliphatic heterocycles. The van der Waals surface area contributed by atoms with Crippen molar-refractivity contribution in [2.45, 2.75) is 17.9 Å². The second kappa shape index (κ2) is 9.73. The van der Waals surface area contributed by atoms with E-state index >= 15 is 0 Å². The summed E-state index contributed by atoms with van der Waals surface area (Å²) in [7, 11) is 0. The summed E-state index contributed by atoms with van der Waals surface area (Å²) in [5.74, 6) is -2.31. The predicted octanol–water partition coefficient (Wildman–Crippen LogP) is 3.34. The molecular formula is C21H22F2N2O3S. The zero-order valence-corrected chi connectivity index (χ0v) is 16.8. The first kappa shape index (κ1) is 21.1. The third-order valence-corrected chi connectivity index (χ3v) is 5.61. The van der Waals surface area contributed by atoms with Crippen molar-refractivity contribution < 1.29 is 23.1 Å². The Morgan fingerprint density at radius 2 is 1.76 bits per heavy atom. The van der Waals surface area contributed by atoms with E-state index in [1.807, 2.05) is 30.3 Å². The number of piperazine rings is 1. The normalized spacial score (nSPS) is 15.1. The minimum Gasteiger partial charge on any atom is -0.452 e. The van der Waals surface area contributed by atoms with Crippen LogP contribution in [0.5, 0.6) is 0 Å². The molecule has 29 heavy (non-hydrogen) atoms. The van der Waals surface area contributed by atoms with Gasteiger partial charge in [0.2, 0.25) is 0 Å². The fourth-order valence-electron chi connectivity index (χ4n) is 3.09. The number of thioether (sulfide) groups is 1. The van der Waals surface area contributed by atoms with Crippen LogP contribution < -0.4 is 4.90 Å². The Balaban J connectivity index is 1.45. The highest BCUT2D eigenvalue weighted by molar-refractivity contribution is 8.00. The molecule has 2 aromatic carbocycles. The molecule has 1 atom stereocenters. The first-order valence-corrected chi connectivity index (χ1v) is 10.3. The first-order valence-electron chi connectivity index (χ1n) is 9.30. The lowest BCUT2D eigenvalue weighted by atomic mass is 10.2. The molecule has 154 valence electrons. The second-order valence-corrected chi connectivity index (χ2v) is 7.66. The molecule has 0 aliphatic carbocycles. The maximum Gasteiger partial charge on any atom is 0.317 e. The number of anilines is 1. The van der Waals surface area contributed by atoms with Crippen LogP contribution in [0.3, 0.4) is 0 Å². The minimum absolute atomic E-state index is 0.0259. The number of hydrogen-bond donors (Lipinski definition) is 0. The Bertz CT molecular complexity index is 858. The Hall–Kier alpha value is -2.61. The summed E-state index contributed by atoms with van der Waals surface area (Å²) in [6.45, 7) is 4.01. The van der Waals surface area contributed by atoms with Gasteiger partial charge in [0.1, 0.15) is 11.6 Å². The summed E-state index contributed by atoms with van der Waals surface area (Å²) in [6.07, 6.45) is -0.927. The van der Waals surface area contributed by atoms with E-state index in [0.29, 0.717) is 26.2 Å². The number of para-hydroxylation sites is 1. The summed E-state index contributed by atoms with van der Waals surface area (Å²) < 4.78 is 32.0. The fourth-order valence-corrected chi connectivity index (χ4v) is 3.83. The van der Waals surface area contributed by atoms with Crippen LogP contribution in [0, 0.1) is 11.6 Å². The largest absolute Gasteiger partial charge is 0.452 e. The molecular weight excluding hydrogens is 398 g/mol. The molecule has 3 rings (SSSR count). The van der Waals surface area contributed by atoms with Crippen LogP contribution in [-0.4, -0.2) is 54.8 Å². The van der Waals surface area contributed by atoms with Crippen LogP contribution in [0.25, 0.3) is 0 Å². The molecule has 1 aliphatic rings. The van der Waals surface area contributed by atoms with Gasteiger partial charge < -0.3 is 14.5 Å². The molecule has 2 aromatic rings. The van der Waals surface area contributed by atoms with Gasteiger partial charge in [-0.25, -0.2) is 8.78 Å². The van der Waals surface area contributed by atoms with Gasteiger partial charge in [-0.3, -0.25) is 9.59 Å². The van der Waals surface area contributed by atoms with Gasteiger partial charge in [-0.1, -0.05) is 18.2 Å². The van der Waals surface area contributed by atoms with Gasteiger partial charge in [0.25, 0.3) is 5.91 Å². The maximum atomic E-state index is 13.6. The quantitative estimate of drug-likeness (QED) is 0.530. The molecule has 0 spiro atoms. The van der Waals surface area contributed by atoms with Crippen LogP contribution in [0.2, 0.25) is 0 Å². The van der Waals surface area contributed by atoms with Gasteiger partial charge in [0, 0.05) is 36.8 Å². The number of carbonyl (C=O) groups excluding carboxylic acids is 2. The molecule has 1 fully saturated rings. The molecule has 1 saturated heterocycles. The Morgan fingerprint density at radius 3 is 2.45 bits per heavy atom. The fraction of sp³-hybridized carbons (Fsp3) is 0.333. The Morgan fingerprint density at radius 1 is 1.07 bits per heavy atom. The van der Waals surface area contributed by atoms with Gasteiger partial charge in [0.05, 0.1) is 5.75 Å². The van der Waals surface area contributed by atoms with E-state index in [-0.39, 0.29) is 16.6 Å². The minimum atomic E-state index is -0.927. The standard InChI is InChI=1S/C21H22F2N2O3S/c1-15(28-20(26)14-29-19-13-16(22)7-8-18(19)23)21(27)25-11-9-24(10-12-25)17-5-3-2-4-6-17/h2-8,13,15H,9-12,14H2,1H3/t15-/m0/s1. The van der Waals surface area contributed by atoms with E-state index in [1.54, 1.807) is 4.90 Å². The number of amides is 1. The number of nitrogens with zero attached hydrogens (tertiary/aromatic N) is 2. The van der Waals surface area contributed by atoms with Crippen molar-refractivity contribution in [2.24, 2.45) is 0 Å². The Kier molecular flexibility index (Phi) is 7.09. The summed E-state index contributed by atoms with van der Waals surface area (Å²) in [5.41, 5.74) is 1.11. The van der Waals surface area contributed by atoms with E-state index < -0.39 is 23.7 Å². The van der Waals surface area contributed by atoms with Crippen molar-refractivity contribution in [1.82, 2.24) is 4.90 Å². The second-order valence-electron chi connectivity index (χ2n) is 6.64. The molecule has 5 nitrogen and oxygen atoms in total. The summed E-state index contributed by atoms with van der Waals surface area (Å²) in [5, 5.41) is 0. The topological polar surface area (TPSA) is 49.9 Å². The number of ether oxygens (including phenoxy) is 1. The number of carbonyl (C=O) groups is 2. The lowest BCUT2D eigenvalue weighted by molar-refractivity contribution is -0.157. The zero-order chi connectivity index (χ0) is 20.8. The van der Waals surface area contributed by atoms with Crippen molar-refractivity contribution in [3.63, 3.8) is 0 Å². The lowest BCUT2D eigenvalue weighted by Crippen LogP contribution is -2.51. The van der Waals surface area contributed by atoms with Crippen molar-refractivity contribution in [3.05, 3.63) is 60.2 Å². The van der Waals surface area contributed by atoms with Crippen LogP contribution in [0.4, 0.5) is 14.5 Å². The average Bonchev–Trinajstić information content (AvgIpc) is 2.74. The van der Waals surface area contributed by atoms with Crippen LogP contribution in [0.1, 0.15) is 6.92 Å². The van der Waals surface area contributed by atoms with Crippen molar-refractivity contribution in [3.8, 4) is 0 Å². The summed E-state index contributed by atoms with van der Waals surface area (Å²) in [4.78, 5) is 28.5. The van der Waals surface area contributed by atoms with Gasteiger partial charge >= 0.3 is 5.97 Å². The van der Waals surface area contributed by atoms with E-state index in [2.05, 4.69) is 4.90 Å². The predicted molar refractivity (Wildman–Crippen MR) is 108 cm³/mol. The molecule has 1 amide bonds. The van der Waals surface area contributed by atoms with Crippen molar-refractivity contribution >= 4 is 29.3 Å². The van der Waals surface area contributed by atoms with Crippen LogP contribution in [-0.2, 0) is 14.3 Å². The molecule has 0 aromatic heterocycles. The van der Waals surface area contributed by atoms with Gasteiger partial charge in [-0.15, -0.1) is 11.8 Å². The first-order chi connectivity index (χ1) is 13.9. The lowest BCUT2D eigenvalue weighted by Gasteiger charge is -2.37. The number of halogens is 2. The number of esters is 1. The number of hydrogen-bond acceptors (Lipinski definition) is 5. The van der Waals surface area contributed by atoms with Gasteiger partial charge in [-0.2, -0.15) is 0 Å². The van der Waals surface area contributed by atoms with Crippen LogP contribution in [0.15, 0.2) is 53.4 Å². The monoisotopic (exact) mass is 420 g/mol. The molecule has 0 bridgehead atoms. The van der Waals surface area contributed by atoms with E-state index in [4.69, 9.17) is 4.74 Å². The molecule has 0 radical (unpaired) electrons. The van der Waals surface area contributed by atoms with Crippen LogP contribution >= 0.6 is 11.8 Å². The third kappa shape index (κ3) is 5.69. The molecule has 1 heterocycles. The third-order valence-electron chi connectivity index (χ3n) is 4.61. The smallest absolute Gasteiger partial charge is 0.317 e. The SMILES string of the molecule is C[C@H](OC(=O)CSc1cc(F)ccc1F)C(=O)N1CCN(c2ccccc2)CC1. The molecule has 0 saturated carbocycles. The molecule has 0 N–H and O–H groups in total. The van der Waals surface area contributed by atoms with E-state index in [9.17, 15) is 18.4 Å². The van der Waals surface area contributed by atoms with E-state index in [1.165, 1.54) is 6.92 Å². The van der Waals surface area contributed by atoms with E-state index in [0.717, 1.165) is 35.6 Å². The number of benzene rings is 2. The highest BCUT2D eigenvalue weighted by atomic mass is 32.2. The summed E-state index contributed by atoms with van der Waals surface area (Å²) in [6, 6.07) is 13.0. The average molecular weight is 420 g/mol. The molecule has 8 heteroatoms. The Labute approximate surface area is 172 Å². The summed E-state index contributed by atoms with van der Waals surface area (Å²) >= 11 is 0.835. The highest BCUT2D eigenvalue weighted by Gasteiger charge is 2.27. The van der Waals surface area contributed by atoms with Crippen molar-refractivity contribution in [2.75, 3.05) is 36.8 Å². The zero-order valence-electron chi connectivity index (χ0n) is 16.0. The van der Waals surface area contributed by atoms with Crippen molar-refractivity contribution in [1.29, 1.82) is 0 Å². The maximum absolute atomic E-state index is 13.6. The highest BCUT2D eigenvalue weighted by Crippen LogP contribution is 2.23. The molecule has 0 unspecified atom stereocenters. The van der Waals surface area contributed by atoms with Gasteiger partial charge in [-0.05, 0) is 37.3 Å². The van der Waals surface area contributed by atoms with Gasteiger partial charge in [0.15, 0.2) is 6.10 Å².